The van der Waals surface area contributed by atoms with E-state index in [-0.39, 0.29) is 23.6 Å². The fourth-order valence-electron chi connectivity index (χ4n) is 4.28. The second-order valence-corrected chi connectivity index (χ2v) is 8.65. The van der Waals surface area contributed by atoms with Crippen LogP contribution in [0.3, 0.4) is 0 Å². The Balaban J connectivity index is 1.51. The summed E-state index contributed by atoms with van der Waals surface area (Å²) in [5, 5.41) is 2.84. The van der Waals surface area contributed by atoms with Gasteiger partial charge in [-0.15, -0.1) is 0 Å². The highest BCUT2D eigenvalue weighted by atomic mass is 19.1. The van der Waals surface area contributed by atoms with Crippen molar-refractivity contribution in [1.82, 2.24) is 19.4 Å². The molecule has 0 atom stereocenters. The van der Waals surface area contributed by atoms with Crippen LogP contribution in [0.2, 0.25) is 0 Å². The van der Waals surface area contributed by atoms with E-state index in [0.29, 0.717) is 34.5 Å². The molecule has 35 heavy (non-hydrogen) atoms. The molecule has 1 saturated heterocycles. The van der Waals surface area contributed by atoms with Crippen LogP contribution < -0.4 is 11.1 Å². The van der Waals surface area contributed by atoms with Crippen molar-refractivity contribution < 1.29 is 14.0 Å². The molecule has 9 heteroatoms. The summed E-state index contributed by atoms with van der Waals surface area (Å²) in [6, 6.07) is 14.4. The van der Waals surface area contributed by atoms with Gasteiger partial charge < -0.3 is 10.6 Å². The van der Waals surface area contributed by atoms with Crippen molar-refractivity contribution in [3.05, 3.63) is 83.3 Å². The van der Waals surface area contributed by atoms with Gasteiger partial charge in [0.1, 0.15) is 11.3 Å². The molecule has 0 bridgehead atoms. The lowest BCUT2D eigenvalue weighted by Gasteiger charge is -2.26. The number of likely N-dealkylation sites (tertiary alicyclic amines) is 1. The van der Waals surface area contributed by atoms with Gasteiger partial charge >= 0.3 is 0 Å². The van der Waals surface area contributed by atoms with E-state index >= 15 is 0 Å². The monoisotopic (exact) mass is 472 g/mol. The number of rotatable bonds is 5. The van der Waals surface area contributed by atoms with Crippen molar-refractivity contribution in [2.45, 2.75) is 25.8 Å². The molecule has 0 unspecified atom stereocenters. The molecule has 0 spiro atoms. The van der Waals surface area contributed by atoms with Gasteiger partial charge in [0.05, 0.1) is 12.1 Å². The molecule has 0 saturated carbocycles. The smallest absolute Gasteiger partial charge is 0.258 e. The highest BCUT2D eigenvalue weighted by molar-refractivity contribution is 6.04. The minimum atomic E-state index is -0.377. The number of nitrogens with two attached hydrogens (primary N) is 1. The Labute approximate surface area is 201 Å². The molecule has 3 N–H and O–H groups in total. The number of piperidine rings is 1. The van der Waals surface area contributed by atoms with Crippen molar-refractivity contribution in [3.63, 3.8) is 0 Å². The zero-order chi connectivity index (χ0) is 24.4. The lowest BCUT2D eigenvalue weighted by atomic mass is 10.1. The van der Waals surface area contributed by atoms with E-state index in [1.54, 1.807) is 53.2 Å². The first-order valence-electron chi connectivity index (χ1n) is 11.5. The average molecular weight is 473 g/mol. The van der Waals surface area contributed by atoms with Crippen molar-refractivity contribution in [1.29, 1.82) is 0 Å². The van der Waals surface area contributed by atoms with Gasteiger partial charge in [0, 0.05) is 30.5 Å². The number of imidazole rings is 1. The SMILES string of the molecule is Nc1cccc(C(=O)Nc2nc3cc(C(=O)N4CCCCC4)cnc3n2Cc2ccc(F)cc2)c1. The van der Waals surface area contributed by atoms with E-state index in [1.807, 2.05) is 4.90 Å². The zero-order valence-electron chi connectivity index (χ0n) is 19.1. The number of fused-ring (bicyclic) bond motifs is 1. The fourth-order valence-corrected chi connectivity index (χ4v) is 4.28. The Bertz CT molecular complexity index is 1390. The van der Waals surface area contributed by atoms with Gasteiger partial charge in [-0.05, 0) is 61.2 Å². The van der Waals surface area contributed by atoms with E-state index in [1.165, 1.54) is 12.1 Å². The van der Waals surface area contributed by atoms with Crippen molar-refractivity contribution >= 4 is 34.6 Å². The first kappa shape index (κ1) is 22.5. The molecule has 2 aromatic carbocycles. The summed E-state index contributed by atoms with van der Waals surface area (Å²) in [7, 11) is 0. The highest BCUT2D eigenvalue weighted by Gasteiger charge is 2.21. The van der Waals surface area contributed by atoms with Crippen LogP contribution in [-0.2, 0) is 6.54 Å². The number of carbonyl (C=O) groups is 2. The van der Waals surface area contributed by atoms with Gasteiger partial charge in [-0.25, -0.2) is 14.4 Å². The molecule has 178 valence electrons. The minimum Gasteiger partial charge on any atom is -0.399 e. The Kier molecular flexibility index (Phi) is 6.13. The summed E-state index contributed by atoms with van der Waals surface area (Å²) in [6.07, 6.45) is 4.67. The number of hydrogen-bond donors (Lipinski definition) is 2. The van der Waals surface area contributed by atoms with Gasteiger partial charge in [-0.1, -0.05) is 18.2 Å². The van der Waals surface area contributed by atoms with Crippen LogP contribution in [0.5, 0.6) is 0 Å². The number of anilines is 2. The summed E-state index contributed by atoms with van der Waals surface area (Å²) in [6.45, 7) is 1.77. The molecule has 4 aromatic rings. The van der Waals surface area contributed by atoms with Gasteiger partial charge in [0.25, 0.3) is 11.8 Å². The second kappa shape index (κ2) is 9.54. The summed E-state index contributed by atoms with van der Waals surface area (Å²) in [4.78, 5) is 36.9. The third-order valence-electron chi connectivity index (χ3n) is 6.10. The average Bonchev–Trinajstić information content (AvgIpc) is 3.21. The summed E-state index contributed by atoms with van der Waals surface area (Å²) < 4.78 is 15.2. The number of nitrogen functional groups attached to an aromatic ring is 1. The number of halogens is 1. The molecule has 0 radical (unpaired) electrons. The molecule has 2 amide bonds. The Hall–Kier alpha value is -4.27. The van der Waals surface area contributed by atoms with Crippen molar-refractivity contribution in [2.24, 2.45) is 0 Å². The molecule has 3 heterocycles. The van der Waals surface area contributed by atoms with E-state index in [2.05, 4.69) is 15.3 Å². The standard InChI is InChI=1S/C26H25FN6O2/c27-20-9-7-17(8-10-20)16-33-23-22(14-19(15-29-23)25(35)32-11-2-1-3-12-32)30-26(33)31-24(34)18-5-4-6-21(28)13-18/h4-10,13-15H,1-3,11-12,16,28H2,(H,30,31,34). The number of pyridine rings is 1. The molecular formula is C26H25FN6O2. The van der Waals surface area contributed by atoms with Crippen LogP contribution in [0.1, 0.15) is 45.5 Å². The maximum atomic E-state index is 13.4. The third-order valence-corrected chi connectivity index (χ3v) is 6.10. The number of carbonyl (C=O) groups excluding carboxylic acids is 2. The molecule has 1 fully saturated rings. The zero-order valence-corrected chi connectivity index (χ0v) is 19.1. The van der Waals surface area contributed by atoms with Gasteiger partial charge in [0.15, 0.2) is 5.65 Å². The van der Waals surface area contributed by atoms with Gasteiger partial charge in [-0.2, -0.15) is 0 Å². The van der Waals surface area contributed by atoms with Crippen molar-refractivity contribution in [3.8, 4) is 0 Å². The van der Waals surface area contributed by atoms with E-state index < -0.39 is 0 Å². The molecule has 5 rings (SSSR count). The van der Waals surface area contributed by atoms with E-state index in [9.17, 15) is 14.0 Å². The Morgan fingerprint density at radius 2 is 1.77 bits per heavy atom. The number of benzene rings is 2. The lowest BCUT2D eigenvalue weighted by molar-refractivity contribution is 0.0724. The quantitative estimate of drug-likeness (QED) is 0.426. The normalized spacial score (nSPS) is 13.7. The van der Waals surface area contributed by atoms with Crippen LogP contribution in [0.15, 0.2) is 60.8 Å². The first-order valence-corrected chi connectivity index (χ1v) is 11.5. The summed E-state index contributed by atoms with van der Waals surface area (Å²) >= 11 is 0. The predicted octanol–water partition coefficient (Wildman–Crippen LogP) is 4.08. The van der Waals surface area contributed by atoms with Crippen LogP contribution in [0, 0.1) is 5.82 Å². The maximum absolute atomic E-state index is 13.4. The predicted molar refractivity (Wildman–Crippen MR) is 132 cm³/mol. The Morgan fingerprint density at radius 1 is 1.00 bits per heavy atom. The Morgan fingerprint density at radius 3 is 2.51 bits per heavy atom. The van der Waals surface area contributed by atoms with E-state index in [0.717, 1.165) is 37.9 Å². The third kappa shape index (κ3) is 4.84. The molecular weight excluding hydrogens is 447 g/mol. The number of nitrogens with zero attached hydrogens (tertiary/aromatic N) is 4. The van der Waals surface area contributed by atoms with Crippen LogP contribution in [0.4, 0.5) is 16.0 Å². The van der Waals surface area contributed by atoms with Crippen LogP contribution in [-0.4, -0.2) is 44.3 Å². The topological polar surface area (TPSA) is 106 Å². The first-order chi connectivity index (χ1) is 17.0. The van der Waals surface area contributed by atoms with E-state index in [4.69, 9.17) is 5.73 Å². The largest absolute Gasteiger partial charge is 0.399 e. The minimum absolute atomic E-state index is 0.0717. The molecule has 8 nitrogen and oxygen atoms in total. The highest BCUT2D eigenvalue weighted by Crippen LogP contribution is 2.23. The van der Waals surface area contributed by atoms with Gasteiger partial charge in [-0.3, -0.25) is 19.5 Å². The second-order valence-electron chi connectivity index (χ2n) is 8.65. The van der Waals surface area contributed by atoms with Crippen LogP contribution >= 0.6 is 0 Å². The number of aromatic nitrogens is 3. The number of hydrogen-bond acceptors (Lipinski definition) is 5. The molecule has 0 aliphatic carbocycles. The van der Waals surface area contributed by atoms with Gasteiger partial charge in [0.2, 0.25) is 5.95 Å². The summed E-state index contributed by atoms with van der Waals surface area (Å²) in [5.74, 6) is -0.514. The molecule has 1 aliphatic rings. The summed E-state index contributed by atoms with van der Waals surface area (Å²) in [5.41, 5.74) is 8.94. The maximum Gasteiger partial charge on any atom is 0.258 e. The number of amides is 2. The fraction of sp³-hybridized carbons (Fsp3) is 0.231. The number of nitrogens with one attached hydrogen (secondary N) is 1. The van der Waals surface area contributed by atoms with Crippen LogP contribution in [0.25, 0.3) is 11.2 Å². The molecule has 2 aromatic heterocycles. The molecule has 1 aliphatic heterocycles. The lowest BCUT2D eigenvalue weighted by Crippen LogP contribution is -2.35. The van der Waals surface area contributed by atoms with Crippen molar-refractivity contribution in [2.75, 3.05) is 24.1 Å².